The SMILES string of the molecule is CN=C(NCc1cccc(OC)c1)NCc1ccccc1OCCN1CCOCC1. The third-order valence-corrected chi connectivity index (χ3v) is 5.01. The summed E-state index contributed by atoms with van der Waals surface area (Å²) in [6.07, 6.45) is 0. The van der Waals surface area contributed by atoms with E-state index in [-0.39, 0.29) is 0 Å². The third-order valence-electron chi connectivity index (χ3n) is 5.01. The highest BCUT2D eigenvalue weighted by atomic mass is 16.5. The van der Waals surface area contributed by atoms with Crippen molar-refractivity contribution >= 4 is 5.96 Å². The van der Waals surface area contributed by atoms with Crippen LogP contribution in [0, 0.1) is 0 Å². The van der Waals surface area contributed by atoms with Gasteiger partial charge in [0.1, 0.15) is 18.1 Å². The van der Waals surface area contributed by atoms with Gasteiger partial charge in [0, 0.05) is 45.3 Å². The average molecular weight is 413 g/mol. The first kappa shape index (κ1) is 21.9. The molecule has 0 aromatic heterocycles. The number of hydrogen-bond donors (Lipinski definition) is 2. The van der Waals surface area contributed by atoms with Gasteiger partial charge in [0.05, 0.1) is 20.3 Å². The maximum absolute atomic E-state index is 6.06. The van der Waals surface area contributed by atoms with Crippen molar-refractivity contribution in [2.24, 2.45) is 4.99 Å². The van der Waals surface area contributed by atoms with E-state index in [4.69, 9.17) is 14.2 Å². The molecule has 0 spiro atoms. The summed E-state index contributed by atoms with van der Waals surface area (Å²) in [5.74, 6) is 2.49. The zero-order valence-corrected chi connectivity index (χ0v) is 17.9. The quantitative estimate of drug-likeness (QED) is 0.487. The number of aliphatic imine (C=N–C) groups is 1. The topological polar surface area (TPSA) is 67.4 Å². The van der Waals surface area contributed by atoms with Gasteiger partial charge < -0.3 is 24.8 Å². The number of hydrogen-bond acceptors (Lipinski definition) is 5. The molecule has 1 aliphatic rings. The molecule has 162 valence electrons. The molecule has 30 heavy (non-hydrogen) atoms. The minimum atomic E-state index is 0.630. The Bertz CT molecular complexity index is 807. The van der Waals surface area contributed by atoms with E-state index in [1.807, 2.05) is 36.4 Å². The lowest BCUT2D eigenvalue weighted by atomic mass is 10.2. The van der Waals surface area contributed by atoms with Gasteiger partial charge in [-0.05, 0) is 23.8 Å². The van der Waals surface area contributed by atoms with E-state index in [1.165, 1.54) is 0 Å². The molecule has 0 atom stereocenters. The molecule has 7 heteroatoms. The Hall–Kier alpha value is -2.77. The van der Waals surface area contributed by atoms with Crippen LogP contribution in [0.25, 0.3) is 0 Å². The molecule has 0 bridgehead atoms. The van der Waals surface area contributed by atoms with Gasteiger partial charge in [-0.25, -0.2) is 0 Å². The molecular formula is C23H32N4O3. The highest BCUT2D eigenvalue weighted by Crippen LogP contribution is 2.18. The lowest BCUT2D eigenvalue weighted by molar-refractivity contribution is 0.0322. The molecule has 0 radical (unpaired) electrons. The van der Waals surface area contributed by atoms with Crippen LogP contribution >= 0.6 is 0 Å². The summed E-state index contributed by atoms with van der Waals surface area (Å²) in [4.78, 5) is 6.69. The predicted octanol–water partition coefficient (Wildman–Crippen LogP) is 2.27. The summed E-state index contributed by atoms with van der Waals surface area (Å²) < 4.78 is 16.7. The molecular weight excluding hydrogens is 380 g/mol. The Balaban J connectivity index is 1.47. The standard InChI is InChI=1S/C23H32N4O3/c1-24-23(25-17-19-6-5-8-21(16-19)28-2)26-18-20-7-3-4-9-22(20)30-15-12-27-10-13-29-14-11-27/h3-9,16H,10-15,17-18H2,1-2H3,(H2,24,25,26). The fourth-order valence-corrected chi connectivity index (χ4v) is 3.27. The van der Waals surface area contributed by atoms with Crippen LogP contribution in [0.5, 0.6) is 11.5 Å². The van der Waals surface area contributed by atoms with E-state index in [2.05, 4.69) is 32.7 Å². The summed E-state index contributed by atoms with van der Waals surface area (Å²) in [7, 11) is 3.44. The number of guanidine groups is 1. The summed E-state index contributed by atoms with van der Waals surface area (Å²) >= 11 is 0. The van der Waals surface area contributed by atoms with Gasteiger partial charge >= 0.3 is 0 Å². The number of methoxy groups -OCH3 is 1. The molecule has 2 aromatic carbocycles. The zero-order valence-electron chi connectivity index (χ0n) is 17.9. The van der Waals surface area contributed by atoms with Crippen molar-refractivity contribution in [1.82, 2.24) is 15.5 Å². The van der Waals surface area contributed by atoms with Crippen molar-refractivity contribution in [3.63, 3.8) is 0 Å². The van der Waals surface area contributed by atoms with Crippen LogP contribution in [-0.4, -0.2) is 64.5 Å². The second-order valence-electron chi connectivity index (χ2n) is 7.04. The number of rotatable bonds is 9. The van der Waals surface area contributed by atoms with Crippen LogP contribution in [0.4, 0.5) is 0 Å². The molecule has 7 nitrogen and oxygen atoms in total. The molecule has 0 unspecified atom stereocenters. The van der Waals surface area contributed by atoms with Gasteiger partial charge in [0.15, 0.2) is 5.96 Å². The lowest BCUT2D eigenvalue weighted by Gasteiger charge is -2.26. The average Bonchev–Trinajstić information content (AvgIpc) is 2.81. The van der Waals surface area contributed by atoms with E-state index in [1.54, 1.807) is 14.2 Å². The maximum atomic E-state index is 6.06. The largest absolute Gasteiger partial charge is 0.497 e. The number of nitrogens with one attached hydrogen (secondary N) is 2. The van der Waals surface area contributed by atoms with Crippen molar-refractivity contribution in [3.05, 3.63) is 59.7 Å². The second-order valence-corrected chi connectivity index (χ2v) is 7.04. The van der Waals surface area contributed by atoms with Crippen molar-refractivity contribution in [2.45, 2.75) is 13.1 Å². The number of nitrogens with zero attached hydrogens (tertiary/aromatic N) is 2. The molecule has 1 heterocycles. The smallest absolute Gasteiger partial charge is 0.191 e. The Kier molecular flexibility index (Phi) is 8.80. The Morgan fingerprint density at radius 3 is 2.67 bits per heavy atom. The zero-order chi connectivity index (χ0) is 21.0. The molecule has 0 amide bonds. The first-order valence-electron chi connectivity index (χ1n) is 10.4. The van der Waals surface area contributed by atoms with Crippen LogP contribution in [0.15, 0.2) is 53.5 Å². The fourth-order valence-electron chi connectivity index (χ4n) is 3.27. The van der Waals surface area contributed by atoms with Crippen molar-refractivity contribution < 1.29 is 14.2 Å². The molecule has 2 aromatic rings. The molecule has 2 N–H and O–H groups in total. The molecule has 1 fully saturated rings. The normalized spacial score (nSPS) is 14.9. The van der Waals surface area contributed by atoms with Gasteiger partial charge in [-0.3, -0.25) is 9.89 Å². The first-order chi connectivity index (χ1) is 14.8. The van der Waals surface area contributed by atoms with E-state index in [0.717, 1.165) is 61.4 Å². The Labute approximate surface area is 179 Å². The molecule has 3 rings (SSSR count). The van der Waals surface area contributed by atoms with Crippen molar-refractivity contribution in [3.8, 4) is 11.5 Å². The van der Waals surface area contributed by atoms with Gasteiger partial charge in [0.25, 0.3) is 0 Å². The van der Waals surface area contributed by atoms with Crippen molar-refractivity contribution in [1.29, 1.82) is 0 Å². The van der Waals surface area contributed by atoms with Crippen LogP contribution < -0.4 is 20.1 Å². The molecule has 1 aliphatic heterocycles. The summed E-state index contributed by atoms with van der Waals surface area (Å²) in [5, 5.41) is 6.70. The van der Waals surface area contributed by atoms with Crippen molar-refractivity contribution in [2.75, 3.05) is 53.6 Å². The lowest BCUT2D eigenvalue weighted by Crippen LogP contribution is -2.38. The van der Waals surface area contributed by atoms with Crippen LogP contribution in [0.1, 0.15) is 11.1 Å². The second kappa shape index (κ2) is 12.0. The van der Waals surface area contributed by atoms with Gasteiger partial charge in [0.2, 0.25) is 0 Å². The van der Waals surface area contributed by atoms with E-state index in [0.29, 0.717) is 19.7 Å². The van der Waals surface area contributed by atoms with E-state index < -0.39 is 0 Å². The summed E-state index contributed by atoms with van der Waals surface area (Å²) in [6, 6.07) is 16.1. The van der Waals surface area contributed by atoms with E-state index in [9.17, 15) is 0 Å². The number of para-hydroxylation sites is 1. The summed E-state index contributed by atoms with van der Waals surface area (Å²) in [5.41, 5.74) is 2.23. The van der Waals surface area contributed by atoms with Crippen LogP contribution in [-0.2, 0) is 17.8 Å². The highest BCUT2D eigenvalue weighted by Gasteiger charge is 2.11. The molecule has 0 saturated carbocycles. The maximum Gasteiger partial charge on any atom is 0.191 e. The number of ether oxygens (including phenoxy) is 3. The minimum Gasteiger partial charge on any atom is -0.497 e. The number of morpholine rings is 1. The van der Waals surface area contributed by atoms with Crippen LogP contribution in [0.2, 0.25) is 0 Å². The minimum absolute atomic E-state index is 0.630. The monoisotopic (exact) mass is 412 g/mol. The van der Waals surface area contributed by atoms with Gasteiger partial charge in [-0.2, -0.15) is 0 Å². The molecule has 0 aliphatic carbocycles. The van der Waals surface area contributed by atoms with Crippen LogP contribution in [0.3, 0.4) is 0 Å². The van der Waals surface area contributed by atoms with Gasteiger partial charge in [-0.15, -0.1) is 0 Å². The highest BCUT2D eigenvalue weighted by molar-refractivity contribution is 5.79. The summed E-state index contributed by atoms with van der Waals surface area (Å²) in [6.45, 7) is 6.43. The fraction of sp³-hybridized carbons (Fsp3) is 0.435. The Morgan fingerprint density at radius 1 is 1.07 bits per heavy atom. The predicted molar refractivity (Wildman–Crippen MR) is 119 cm³/mol. The third kappa shape index (κ3) is 6.93. The molecule has 1 saturated heterocycles. The van der Waals surface area contributed by atoms with E-state index >= 15 is 0 Å². The Morgan fingerprint density at radius 2 is 1.87 bits per heavy atom. The number of benzene rings is 2. The first-order valence-corrected chi connectivity index (χ1v) is 10.4. The van der Waals surface area contributed by atoms with Gasteiger partial charge in [-0.1, -0.05) is 30.3 Å².